The van der Waals surface area contributed by atoms with Crippen LogP contribution in [0.15, 0.2) is 71.8 Å². The fraction of sp³-hybridized carbons (Fsp3) is 0.167. The maximum absolute atomic E-state index is 14.4. The predicted molar refractivity (Wildman–Crippen MR) is 127 cm³/mol. The molecule has 3 aromatic carbocycles. The molecule has 0 saturated carbocycles. The quantitative estimate of drug-likeness (QED) is 0.330. The Labute approximate surface area is 200 Å². The van der Waals surface area contributed by atoms with Gasteiger partial charge in [-0.2, -0.15) is 8.78 Å². The molecule has 0 atom stereocenters. The molecule has 184 valence electrons. The number of benzene rings is 3. The van der Waals surface area contributed by atoms with E-state index in [1.165, 1.54) is 43.6 Å². The Bertz CT molecular complexity index is 1470. The van der Waals surface area contributed by atoms with Crippen molar-refractivity contribution in [2.24, 2.45) is 0 Å². The van der Waals surface area contributed by atoms with Gasteiger partial charge in [-0.15, -0.1) is 0 Å². The van der Waals surface area contributed by atoms with Crippen molar-refractivity contribution in [3.63, 3.8) is 0 Å². The van der Waals surface area contributed by atoms with Gasteiger partial charge in [0.25, 0.3) is 10.0 Å². The summed E-state index contributed by atoms with van der Waals surface area (Å²) in [6.45, 7) is -2.71. The Morgan fingerprint density at radius 2 is 1.83 bits per heavy atom. The van der Waals surface area contributed by atoms with E-state index in [1.54, 1.807) is 31.3 Å². The molecule has 0 radical (unpaired) electrons. The fourth-order valence-electron chi connectivity index (χ4n) is 3.68. The van der Waals surface area contributed by atoms with E-state index in [4.69, 9.17) is 4.74 Å². The summed E-state index contributed by atoms with van der Waals surface area (Å²) >= 11 is 0. The van der Waals surface area contributed by atoms with Gasteiger partial charge in [-0.25, -0.2) is 16.8 Å². The summed E-state index contributed by atoms with van der Waals surface area (Å²) in [6, 6.07) is 14.3. The number of anilines is 2. The maximum Gasteiger partial charge on any atom is 0.387 e. The Morgan fingerprint density at radius 3 is 2.51 bits per heavy atom. The third-order valence-electron chi connectivity index (χ3n) is 5.26. The lowest BCUT2D eigenvalue weighted by Crippen LogP contribution is -2.13. The zero-order valence-corrected chi connectivity index (χ0v) is 19.6. The number of halogens is 3. The van der Waals surface area contributed by atoms with E-state index < -0.39 is 22.5 Å². The van der Waals surface area contributed by atoms with Crippen LogP contribution in [0.5, 0.6) is 11.5 Å². The number of fused-ring (bicyclic) bond motifs is 1. The van der Waals surface area contributed by atoms with Crippen molar-refractivity contribution in [2.45, 2.75) is 18.1 Å². The highest BCUT2D eigenvalue weighted by Gasteiger charge is 2.23. The van der Waals surface area contributed by atoms with Crippen molar-refractivity contribution in [1.29, 1.82) is 0 Å². The molecule has 35 heavy (non-hydrogen) atoms. The van der Waals surface area contributed by atoms with Crippen LogP contribution in [-0.4, -0.2) is 33.2 Å². The molecule has 0 aliphatic rings. The molecule has 7 nitrogen and oxygen atoms in total. The SMILES string of the molecule is CNCc1cn(S(=O)(=O)c2cccc(OC(F)F)c2)c2cc(Nc3ccc(OC)cc3F)ccc12. The molecule has 4 rings (SSSR count). The Balaban J connectivity index is 1.80. The van der Waals surface area contributed by atoms with Crippen molar-refractivity contribution in [1.82, 2.24) is 9.29 Å². The van der Waals surface area contributed by atoms with Gasteiger partial charge >= 0.3 is 6.61 Å². The van der Waals surface area contributed by atoms with Crippen LogP contribution in [0.4, 0.5) is 24.5 Å². The van der Waals surface area contributed by atoms with Crippen LogP contribution in [0.3, 0.4) is 0 Å². The Hall–Kier alpha value is -3.70. The summed E-state index contributed by atoms with van der Waals surface area (Å²) in [5.74, 6) is -0.456. The molecule has 0 saturated heterocycles. The average molecular weight is 506 g/mol. The molecule has 0 bridgehead atoms. The third kappa shape index (κ3) is 5.05. The van der Waals surface area contributed by atoms with Crippen molar-refractivity contribution in [2.75, 3.05) is 19.5 Å². The van der Waals surface area contributed by atoms with Crippen molar-refractivity contribution in [3.05, 3.63) is 78.2 Å². The van der Waals surface area contributed by atoms with Crippen LogP contribution < -0.4 is 20.1 Å². The number of hydrogen-bond acceptors (Lipinski definition) is 6. The van der Waals surface area contributed by atoms with Gasteiger partial charge in [0, 0.05) is 35.9 Å². The zero-order valence-electron chi connectivity index (χ0n) is 18.8. The van der Waals surface area contributed by atoms with E-state index >= 15 is 0 Å². The zero-order chi connectivity index (χ0) is 25.2. The minimum Gasteiger partial charge on any atom is -0.497 e. The lowest BCUT2D eigenvalue weighted by atomic mass is 10.1. The number of rotatable bonds is 9. The van der Waals surface area contributed by atoms with Crippen LogP contribution in [0.2, 0.25) is 0 Å². The highest BCUT2D eigenvalue weighted by atomic mass is 32.2. The molecule has 1 heterocycles. The standard InChI is InChI=1S/C24H22F3N3O4S/c1-28-13-15-14-30(35(31,32)19-5-3-4-18(11-19)34-24(26)27)23-10-16(6-8-20(15)23)29-22-9-7-17(33-2)12-21(22)25/h3-12,14,24,28-29H,13H2,1-2H3. The largest absolute Gasteiger partial charge is 0.497 e. The molecule has 11 heteroatoms. The second-order valence-electron chi connectivity index (χ2n) is 7.54. The highest BCUT2D eigenvalue weighted by molar-refractivity contribution is 7.90. The van der Waals surface area contributed by atoms with E-state index in [0.29, 0.717) is 34.4 Å². The van der Waals surface area contributed by atoms with Gasteiger partial charge in [-0.3, -0.25) is 0 Å². The number of aromatic nitrogens is 1. The molecule has 0 spiro atoms. The van der Waals surface area contributed by atoms with Crippen LogP contribution in [0.25, 0.3) is 10.9 Å². The topological polar surface area (TPSA) is 81.6 Å². The summed E-state index contributed by atoms with van der Waals surface area (Å²) in [5, 5.41) is 6.60. The first kappa shape index (κ1) is 24.4. The molecule has 0 fully saturated rings. The predicted octanol–water partition coefficient (Wildman–Crippen LogP) is 5.09. The number of alkyl halides is 2. The fourth-order valence-corrected chi connectivity index (χ4v) is 5.10. The molecule has 0 aliphatic carbocycles. The summed E-state index contributed by atoms with van der Waals surface area (Å²) < 4.78 is 77.2. The van der Waals surface area contributed by atoms with E-state index in [9.17, 15) is 21.6 Å². The van der Waals surface area contributed by atoms with Gasteiger partial charge < -0.3 is 20.1 Å². The van der Waals surface area contributed by atoms with Crippen LogP contribution >= 0.6 is 0 Å². The lowest BCUT2D eigenvalue weighted by Gasteiger charge is -2.12. The number of ether oxygens (including phenoxy) is 2. The second-order valence-corrected chi connectivity index (χ2v) is 9.36. The molecule has 1 aromatic heterocycles. The normalized spacial score (nSPS) is 11.7. The van der Waals surface area contributed by atoms with E-state index in [2.05, 4.69) is 15.4 Å². The molecule has 0 unspecified atom stereocenters. The molecule has 0 amide bonds. The van der Waals surface area contributed by atoms with Gasteiger partial charge in [0.05, 0.1) is 23.2 Å². The highest BCUT2D eigenvalue weighted by Crippen LogP contribution is 2.31. The summed E-state index contributed by atoms with van der Waals surface area (Å²) in [5.41, 5.74) is 1.66. The first-order chi connectivity index (χ1) is 16.7. The average Bonchev–Trinajstić information content (AvgIpc) is 3.19. The minimum absolute atomic E-state index is 0.179. The molecule has 4 aromatic rings. The third-order valence-corrected chi connectivity index (χ3v) is 6.93. The van der Waals surface area contributed by atoms with Crippen molar-refractivity contribution >= 4 is 32.3 Å². The summed E-state index contributed by atoms with van der Waals surface area (Å²) in [4.78, 5) is -0.219. The van der Waals surface area contributed by atoms with Crippen molar-refractivity contribution in [3.8, 4) is 11.5 Å². The summed E-state index contributed by atoms with van der Waals surface area (Å²) in [6.07, 6.45) is 1.47. The number of methoxy groups -OCH3 is 1. The monoisotopic (exact) mass is 505 g/mol. The Kier molecular flexibility index (Phi) is 6.90. The van der Waals surface area contributed by atoms with E-state index in [0.717, 1.165) is 10.0 Å². The van der Waals surface area contributed by atoms with Gasteiger partial charge in [0.1, 0.15) is 17.3 Å². The van der Waals surface area contributed by atoms with E-state index in [-0.39, 0.29) is 16.3 Å². The molecule has 2 N–H and O–H groups in total. The van der Waals surface area contributed by atoms with Gasteiger partial charge in [0.15, 0.2) is 0 Å². The number of hydrogen-bond donors (Lipinski definition) is 2. The first-order valence-corrected chi connectivity index (χ1v) is 11.9. The summed E-state index contributed by atoms with van der Waals surface area (Å²) in [7, 11) is -1.02. The van der Waals surface area contributed by atoms with Crippen molar-refractivity contribution < 1.29 is 31.1 Å². The van der Waals surface area contributed by atoms with Gasteiger partial charge in [-0.05, 0) is 49.0 Å². The molecular formula is C24H22F3N3O4S. The van der Waals surface area contributed by atoms with Gasteiger partial charge in [0.2, 0.25) is 0 Å². The molecule has 0 aliphatic heterocycles. The second kappa shape index (κ2) is 9.88. The smallest absolute Gasteiger partial charge is 0.387 e. The maximum atomic E-state index is 14.4. The number of nitrogens with zero attached hydrogens (tertiary/aromatic N) is 1. The lowest BCUT2D eigenvalue weighted by molar-refractivity contribution is -0.0499. The molecular weight excluding hydrogens is 483 g/mol. The van der Waals surface area contributed by atoms with Gasteiger partial charge in [-0.1, -0.05) is 12.1 Å². The van der Waals surface area contributed by atoms with Crippen LogP contribution in [0, 0.1) is 5.82 Å². The first-order valence-electron chi connectivity index (χ1n) is 10.4. The minimum atomic E-state index is -4.18. The van der Waals surface area contributed by atoms with E-state index in [1.807, 2.05) is 0 Å². The van der Waals surface area contributed by atoms with Crippen LogP contribution in [0.1, 0.15) is 5.56 Å². The Morgan fingerprint density at radius 1 is 1.03 bits per heavy atom. The van der Waals surface area contributed by atoms with Crippen LogP contribution in [-0.2, 0) is 16.6 Å². The number of nitrogens with one attached hydrogen (secondary N) is 2.